The van der Waals surface area contributed by atoms with Crippen LogP contribution in [0.2, 0.25) is 10.0 Å². The van der Waals surface area contributed by atoms with E-state index in [0.29, 0.717) is 16.4 Å². The minimum atomic E-state index is -0.553. The zero-order chi connectivity index (χ0) is 17.3. The third-order valence-electron chi connectivity index (χ3n) is 3.80. The van der Waals surface area contributed by atoms with Gasteiger partial charge in [-0.1, -0.05) is 29.3 Å². The zero-order valence-electron chi connectivity index (χ0n) is 12.4. The zero-order valence-corrected chi connectivity index (χ0v) is 13.9. The Hall–Kier alpha value is -2.11. The van der Waals surface area contributed by atoms with Gasteiger partial charge >= 0.3 is 0 Å². The van der Waals surface area contributed by atoms with Gasteiger partial charge in [0.1, 0.15) is 5.82 Å². The molecular formula is C17H13Cl2FN2O2. The van der Waals surface area contributed by atoms with E-state index < -0.39 is 11.7 Å². The second-order valence-corrected chi connectivity index (χ2v) is 6.35. The molecular weight excluding hydrogens is 354 g/mol. The van der Waals surface area contributed by atoms with Crippen molar-refractivity contribution < 1.29 is 14.0 Å². The van der Waals surface area contributed by atoms with E-state index in [9.17, 15) is 14.0 Å². The highest BCUT2D eigenvalue weighted by Crippen LogP contribution is 2.29. The van der Waals surface area contributed by atoms with Gasteiger partial charge in [-0.25, -0.2) is 4.39 Å². The third-order valence-corrected chi connectivity index (χ3v) is 4.33. The first kappa shape index (κ1) is 16.7. The van der Waals surface area contributed by atoms with Gasteiger partial charge < -0.3 is 10.2 Å². The number of benzene rings is 2. The van der Waals surface area contributed by atoms with Crippen LogP contribution in [-0.4, -0.2) is 18.4 Å². The Morgan fingerprint density at radius 2 is 2.00 bits per heavy atom. The molecule has 0 aromatic heterocycles. The van der Waals surface area contributed by atoms with E-state index in [-0.39, 0.29) is 29.8 Å². The number of amides is 2. The molecule has 0 radical (unpaired) electrons. The molecule has 1 aliphatic heterocycles. The van der Waals surface area contributed by atoms with Crippen molar-refractivity contribution in [1.82, 2.24) is 0 Å². The molecule has 4 nitrogen and oxygen atoms in total. The highest BCUT2D eigenvalue weighted by atomic mass is 35.5. The molecule has 2 amide bonds. The summed E-state index contributed by atoms with van der Waals surface area (Å²) in [6.07, 6.45) is 0.0847. The van der Waals surface area contributed by atoms with E-state index in [0.717, 1.165) is 0 Å². The Morgan fingerprint density at radius 3 is 2.71 bits per heavy atom. The minimum absolute atomic E-state index is 0.0628. The van der Waals surface area contributed by atoms with Crippen LogP contribution in [0.5, 0.6) is 0 Å². The lowest BCUT2D eigenvalue weighted by Gasteiger charge is -2.17. The Balaban J connectivity index is 1.72. The Morgan fingerprint density at radius 1 is 1.21 bits per heavy atom. The number of hydrogen-bond acceptors (Lipinski definition) is 2. The van der Waals surface area contributed by atoms with E-state index in [4.69, 9.17) is 23.2 Å². The molecule has 7 heteroatoms. The lowest BCUT2D eigenvalue weighted by atomic mass is 10.1. The molecule has 3 rings (SSSR count). The molecule has 24 heavy (non-hydrogen) atoms. The molecule has 1 heterocycles. The highest BCUT2D eigenvalue weighted by molar-refractivity contribution is 6.31. The number of halogens is 3. The molecule has 0 bridgehead atoms. The summed E-state index contributed by atoms with van der Waals surface area (Å²) < 4.78 is 13.3. The molecule has 1 unspecified atom stereocenters. The van der Waals surface area contributed by atoms with E-state index in [1.165, 1.54) is 23.1 Å². The van der Waals surface area contributed by atoms with Crippen molar-refractivity contribution in [3.8, 4) is 0 Å². The summed E-state index contributed by atoms with van der Waals surface area (Å²) in [4.78, 5) is 26.0. The Kier molecular flexibility index (Phi) is 4.73. The fourth-order valence-electron chi connectivity index (χ4n) is 2.60. The minimum Gasteiger partial charge on any atom is -0.326 e. The molecule has 1 aliphatic rings. The van der Waals surface area contributed by atoms with E-state index in [1.54, 1.807) is 24.3 Å². The fraction of sp³-hybridized carbons (Fsp3) is 0.176. The van der Waals surface area contributed by atoms with E-state index >= 15 is 0 Å². The molecule has 1 N–H and O–H groups in total. The normalized spacial score (nSPS) is 17.2. The molecule has 0 spiro atoms. The smallest absolute Gasteiger partial charge is 0.229 e. The summed E-state index contributed by atoms with van der Waals surface area (Å²) in [5, 5.41) is 3.20. The maximum absolute atomic E-state index is 13.3. The highest BCUT2D eigenvalue weighted by Gasteiger charge is 2.35. The van der Waals surface area contributed by atoms with Gasteiger partial charge in [0.2, 0.25) is 11.8 Å². The largest absolute Gasteiger partial charge is 0.326 e. The number of hydrogen-bond donors (Lipinski definition) is 1. The van der Waals surface area contributed by atoms with Crippen LogP contribution in [0.3, 0.4) is 0 Å². The first-order chi connectivity index (χ1) is 11.4. The van der Waals surface area contributed by atoms with Crippen LogP contribution in [-0.2, 0) is 9.59 Å². The maximum atomic E-state index is 13.3. The summed E-state index contributed by atoms with van der Waals surface area (Å²) in [6, 6.07) is 10.8. The summed E-state index contributed by atoms with van der Waals surface area (Å²) in [5.74, 6) is -1.52. The molecule has 1 fully saturated rings. The van der Waals surface area contributed by atoms with Gasteiger partial charge in [0.05, 0.1) is 10.9 Å². The van der Waals surface area contributed by atoms with Crippen molar-refractivity contribution in [3.05, 3.63) is 58.3 Å². The molecule has 0 aliphatic carbocycles. The van der Waals surface area contributed by atoms with Gasteiger partial charge in [-0.05, 0) is 36.4 Å². The first-order valence-electron chi connectivity index (χ1n) is 7.26. The van der Waals surface area contributed by atoms with Crippen molar-refractivity contribution in [1.29, 1.82) is 0 Å². The molecule has 124 valence electrons. The van der Waals surface area contributed by atoms with Gasteiger partial charge in [0.15, 0.2) is 0 Å². The van der Waals surface area contributed by atoms with Crippen molar-refractivity contribution in [2.24, 2.45) is 5.92 Å². The summed E-state index contributed by atoms with van der Waals surface area (Å²) in [6.45, 7) is 0.215. The number of rotatable bonds is 3. The number of carbonyl (C=O) groups excluding carboxylic acids is 2. The van der Waals surface area contributed by atoms with Crippen LogP contribution in [0.25, 0.3) is 0 Å². The van der Waals surface area contributed by atoms with Gasteiger partial charge in [-0.15, -0.1) is 0 Å². The third kappa shape index (κ3) is 3.52. The average Bonchev–Trinajstić information content (AvgIpc) is 2.92. The summed E-state index contributed by atoms with van der Waals surface area (Å²) in [7, 11) is 0. The lowest BCUT2D eigenvalue weighted by Crippen LogP contribution is -2.28. The quantitative estimate of drug-likeness (QED) is 0.887. The maximum Gasteiger partial charge on any atom is 0.229 e. The van der Waals surface area contributed by atoms with Crippen LogP contribution in [0.4, 0.5) is 15.8 Å². The topological polar surface area (TPSA) is 49.4 Å². The molecule has 0 saturated carbocycles. The van der Waals surface area contributed by atoms with Gasteiger partial charge in [0, 0.05) is 29.4 Å². The summed E-state index contributed by atoms with van der Waals surface area (Å²) >= 11 is 11.6. The van der Waals surface area contributed by atoms with Gasteiger partial charge in [-0.3, -0.25) is 9.59 Å². The number of anilines is 2. The van der Waals surface area contributed by atoms with Crippen LogP contribution >= 0.6 is 23.2 Å². The van der Waals surface area contributed by atoms with Crippen LogP contribution in [0.1, 0.15) is 6.42 Å². The lowest BCUT2D eigenvalue weighted by molar-refractivity contribution is -0.122. The average molecular weight is 367 g/mol. The number of carbonyl (C=O) groups is 2. The number of nitrogens with zero attached hydrogens (tertiary/aromatic N) is 1. The standard InChI is InChI=1S/C17H13Cl2FN2O2/c18-11-2-1-3-12(7-11)21-17(24)10-6-16(23)22(9-10)13-4-5-15(20)14(19)8-13/h1-5,7-8,10H,6,9H2,(H,21,24). The van der Waals surface area contributed by atoms with Crippen LogP contribution in [0, 0.1) is 11.7 Å². The van der Waals surface area contributed by atoms with Crippen LogP contribution in [0.15, 0.2) is 42.5 Å². The van der Waals surface area contributed by atoms with Gasteiger partial charge in [-0.2, -0.15) is 0 Å². The predicted molar refractivity (Wildman–Crippen MR) is 92.0 cm³/mol. The Labute approximate surface area is 148 Å². The monoisotopic (exact) mass is 366 g/mol. The molecule has 2 aromatic rings. The summed E-state index contributed by atoms with van der Waals surface area (Å²) in [5.41, 5.74) is 1.05. The predicted octanol–water partition coefficient (Wildman–Crippen LogP) is 4.12. The first-order valence-corrected chi connectivity index (χ1v) is 8.01. The van der Waals surface area contributed by atoms with Crippen molar-refractivity contribution in [2.45, 2.75) is 6.42 Å². The Bertz CT molecular complexity index is 813. The van der Waals surface area contributed by atoms with E-state index in [2.05, 4.69) is 5.32 Å². The second-order valence-electron chi connectivity index (χ2n) is 5.50. The van der Waals surface area contributed by atoms with Gasteiger partial charge in [0.25, 0.3) is 0 Å². The van der Waals surface area contributed by atoms with Crippen molar-refractivity contribution >= 4 is 46.4 Å². The van der Waals surface area contributed by atoms with Crippen molar-refractivity contribution in [3.63, 3.8) is 0 Å². The molecule has 1 atom stereocenters. The SMILES string of the molecule is O=C(Nc1cccc(Cl)c1)C1CC(=O)N(c2ccc(F)c(Cl)c2)C1. The fourth-order valence-corrected chi connectivity index (χ4v) is 2.96. The van der Waals surface area contributed by atoms with E-state index in [1.807, 2.05) is 0 Å². The second kappa shape index (κ2) is 6.79. The molecule has 2 aromatic carbocycles. The van der Waals surface area contributed by atoms with Crippen molar-refractivity contribution in [2.75, 3.05) is 16.8 Å². The van der Waals surface area contributed by atoms with Crippen LogP contribution < -0.4 is 10.2 Å². The number of nitrogens with one attached hydrogen (secondary N) is 1. The molecule has 1 saturated heterocycles.